The first-order valence-electron chi connectivity index (χ1n) is 7.68. The fraction of sp³-hybridized carbons (Fsp3) is 0.562. The van der Waals surface area contributed by atoms with Crippen molar-refractivity contribution in [1.82, 2.24) is 5.32 Å². The third-order valence-electron chi connectivity index (χ3n) is 3.92. The highest BCUT2D eigenvalue weighted by molar-refractivity contribution is 8.02. The molecule has 0 saturated carbocycles. The Hall–Kier alpha value is -1.41. The molecule has 0 aliphatic carbocycles. The number of rotatable bonds is 7. The largest absolute Gasteiger partial charge is 0.497 e. The summed E-state index contributed by atoms with van der Waals surface area (Å²) >= 11 is 1.40. The van der Waals surface area contributed by atoms with Gasteiger partial charge in [0.2, 0.25) is 5.91 Å². The van der Waals surface area contributed by atoms with Crippen molar-refractivity contribution in [2.24, 2.45) is 0 Å². The summed E-state index contributed by atoms with van der Waals surface area (Å²) in [5.41, 5.74) is 0.832. The molecule has 2 atom stereocenters. The van der Waals surface area contributed by atoms with Crippen LogP contribution in [0.4, 0.5) is 0 Å². The van der Waals surface area contributed by atoms with Crippen molar-refractivity contribution in [1.29, 1.82) is 0 Å². The van der Waals surface area contributed by atoms with Crippen LogP contribution in [0.1, 0.15) is 24.9 Å². The lowest BCUT2D eigenvalue weighted by atomic mass is 10.1. The van der Waals surface area contributed by atoms with Gasteiger partial charge in [0.1, 0.15) is 11.5 Å². The van der Waals surface area contributed by atoms with Gasteiger partial charge in [0.25, 0.3) is 0 Å². The van der Waals surface area contributed by atoms with Crippen LogP contribution in [0.15, 0.2) is 18.2 Å². The molecule has 1 fully saturated rings. The summed E-state index contributed by atoms with van der Waals surface area (Å²) in [4.78, 5) is 12.1. The van der Waals surface area contributed by atoms with E-state index in [0.717, 1.165) is 5.56 Å². The van der Waals surface area contributed by atoms with E-state index in [2.05, 4.69) is 5.32 Å². The summed E-state index contributed by atoms with van der Waals surface area (Å²) in [7, 11) is 0.255. The van der Waals surface area contributed by atoms with Crippen LogP contribution in [0.3, 0.4) is 0 Å². The lowest BCUT2D eigenvalue weighted by Gasteiger charge is -2.18. The van der Waals surface area contributed by atoms with Gasteiger partial charge in [-0.05, 0) is 31.5 Å². The topological polar surface area (TPSA) is 81.7 Å². The first kappa shape index (κ1) is 18.9. The van der Waals surface area contributed by atoms with Crippen LogP contribution in [0.25, 0.3) is 0 Å². The van der Waals surface area contributed by atoms with Crippen LogP contribution in [-0.2, 0) is 14.6 Å². The highest BCUT2D eigenvalue weighted by Crippen LogP contribution is 2.29. The SMILES string of the molecule is COc1ccc(OC)c([C@H](C)NC(=O)CS[C@@H]2CCS(=O)(=O)C2)c1. The van der Waals surface area contributed by atoms with Crippen LogP contribution < -0.4 is 14.8 Å². The van der Waals surface area contributed by atoms with E-state index >= 15 is 0 Å². The van der Waals surface area contributed by atoms with E-state index in [9.17, 15) is 13.2 Å². The first-order chi connectivity index (χ1) is 11.3. The van der Waals surface area contributed by atoms with Gasteiger partial charge in [-0.25, -0.2) is 8.42 Å². The molecule has 0 unspecified atom stereocenters. The number of hydrogen-bond donors (Lipinski definition) is 1. The Morgan fingerprint density at radius 1 is 1.38 bits per heavy atom. The molecule has 6 nitrogen and oxygen atoms in total. The normalized spacial score (nSPS) is 20.4. The Morgan fingerprint density at radius 3 is 2.71 bits per heavy atom. The summed E-state index contributed by atoms with van der Waals surface area (Å²) in [5.74, 6) is 1.89. The Kier molecular flexibility index (Phi) is 6.40. The van der Waals surface area contributed by atoms with E-state index in [1.165, 1.54) is 11.8 Å². The number of hydrogen-bond acceptors (Lipinski definition) is 6. The average molecular weight is 373 g/mol. The number of thioether (sulfide) groups is 1. The van der Waals surface area contributed by atoms with Gasteiger partial charge in [-0.2, -0.15) is 0 Å². The van der Waals surface area contributed by atoms with Crippen LogP contribution in [0, 0.1) is 0 Å². The number of benzene rings is 1. The Labute approximate surface area is 147 Å². The fourth-order valence-corrected chi connectivity index (χ4v) is 6.08. The molecule has 8 heteroatoms. The summed E-state index contributed by atoms with van der Waals surface area (Å²) in [6.07, 6.45) is 0.625. The molecular weight excluding hydrogens is 350 g/mol. The zero-order valence-corrected chi connectivity index (χ0v) is 15.7. The van der Waals surface area contributed by atoms with Crippen molar-refractivity contribution >= 4 is 27.5 Å². The molecule has 2 rings (SSSR count). The number of amides is 1. The second kappa shape index (κ2) is 8.11. The van der Waals surface area contributed by atoms with Gasteiger partial charge in [0.05, 0.1) is 37.5 Å². The maximum Gasteiger partial charge on any atom is 0.230 e. The van der Waals surface area contributed by atoms with Crippen molar-refractivity contribution in [3.8, 4) is 11.5 Å². The molecule has 0 aromatic heterocycles. The van der Waals surface area contributed by atoms with Crippen molar-refractivity contribution < 1.29 is 22.7 Å². The molecule has 1 aliphatic heterocycles. The summed E-state index contributed by atoms with van der Waals surface area (Å²) in [6, 6.07) is 5.19. The molecule has 1 N–H and O–H groups in total. The molecule has 1 aliphatic rings. The van der Waals surface area contributed by atoms with E-state index in [4.69, 9.17) is 9.47 Å². The predicted octanol–water partition coefficient (Wildman–Crippen LogP) is 1.80. The summed E-state index contributed by atoms with van der Waals surface area (Å²) < 4.78 is 33.4. The number of carbonyl (C=O) groups is 1. The maximum absolute atomic E-state index is 12.1. The van der Waals surface area contributed by atoms with Gasteiger partial charge < -0.3 is 14.8 Å². The Morgan fingerprint density at radius 2 is 2.12 bits per heavy atom. The minimum absolute atomic E-state index is 0.0161. The summed E-state index contributed by atoms with van der Waals surface area (Å²) in [6.45, 7) is 1.87. The molecular formula is C16H23NO5S2. The molecule has 1 heterocycles. The number of sulfone groups is 1. The molecule has 0 spiro atoms. The average Bonchev–Trinajstić information content (AvgIpc) is 2.91. The fourth-order valence-electron chi connectivity index (χ4n) is 2.62. The molecule has 24 heavy (non-hydrogen) atoms. The molecule has 1 saturated heterocycles. The van der Waals surface area contributed by atoms with Gasteiger partial charge >= 0.3 is 0 Å². The standard InChI is InChI=1S/C16H23NO5S2/c1-11(14-8-12(21-2)4-5-15(14)22-3)17-16(18)9-23-13-6-7-24(19,20)10-13/h4-5,8,11,13H,6-7,9-10H2,1-3H3,(H,17,18)/t11-,13+/m0/s1. The van der Waals surface area contributed by atoms with Gasteiger partial charge in [0.15, 0.2) is 9.84 Å². The van der Waals surface area contributed by atoms with E-state index in [0.29, 0.717) is 17.9 Å². The van der Waals surface area contributed by atoms with Gasteiger partial charge in [-0.15, -0.1) is 11.8 Å². The predicted molar refractivity (Wildman–Crippen MR) is 95.6 cm³/mol. The lowest BCUT2D eigenvalue weighted by molar-refractivity contribution is -0.119. The minimum Gasteiger partial charge on any atom is -0.497 e. The van der Waals surface area contributed by atoms with Crippen molar-refractivity contribution in [3.63, 3.8) is 0 Å². The van der Waals surface area contributed by atoms with Crippen LogP contribution in [0.2, 0.25) is 0 Å². The smallest absolute Gasteiger partial charge is 0.230 e. The van der Waals surface area contributed by atoms with Crippen LogP contribution >= 0.6 is 11.8 Å². The second-order valence-corrected chi connectivity index (χ2v) is 9.25. The molecule has 1 amide bonds. The lowest BCUT2D eigenvalue weighted by Crippen LogP contribution is -2.29. The third-order valence-corrected chi connectivity index (χ3v) is 7.20. The molecule has 134 valence electrons. The molecule has 0 radical (unpaired) electrons. The second-order valence-electron chi connectivity index (χ2n) is 5.73. The monoisotopic (exact) mass is 373 g/mol. The zero-order chi connectivity index (χ0) is 17.7. The van der Waals surface area contributed by atoms with E-state index in [1.54, 1.807) is 26.4 Å². The van der Waals surface area contributed by atoms with Gasteiger partial charge in [-0.3, -0.25) is 4.79 Å². The van der Waals surface area contributed by atoms with Crippen molar-refractivity contribution in [3.05, 3.63) is 23.8 Å². The van der Waals surface area contributed by atoms with Gasteiger partial charge in [-0.1, -0.05) is 0 Å². The van der Waals surface area contributed by atoms with E-state index in [1.807, 2.05) is 13.0 Å². The van der Waals surface area contributed by atoms with Gasteiger partial charge in [0, 0.05) is 10.8 Å². The quantitative estimate of drug-likeness (QED) is 0.785. The molecule has 1 aromatic rings. The number of methoxy groups -OCH3 is 2. The Balaban J connectivity index is 1.92. The molecule has 1 aromatic carbocycles. The first-order valence-corrected chi connectivity index (χ1v) is 10.5. The number of ether oxygens (including phenoxy) is 2. The third kappa shape index (κ3) is 5.04. The summed E-state index contributed by atoms with van der Waals surface area (Å²) in [5, 5.41) is 2.94. The highest BCUT2D eigenvalue weighted by Gasteiger charge is 2.28. The maximum atomic E-state index is 12.1. The zero-order valence-electron chi connectivity index (χ0n) is 14.1. The number of carbonyl (C=O) groups excluding carboxylic acids is 1. The Bertz CT molecular complexity index is 690. The van der Waals surface area contributed by atoms with Crippen molar-refractivity contribution in [2.75, 3.05) is 31.5 Å². The highest BCUT2D eigenvalue weighted by atomic mass is 32.2. The van der Waals surface area contributed by atoms with Crippen LogP contribution in [0.5, 0.6) is 11.5 Å². The number of nitrogens with one attached hydrogen (secondary N) is 1. The minimum atomic E-state index is -2.91. The molecule has 0 bridgehead atoms. The van der Waals surface area contributed by atoms with E-state index in [-0.39, 0.29) is 34.5 Å². The van der Waals surface area contributed by atoms with Crippen molar-refractivity contribution in [2.45, 2.75) is 24.6 Å². The van der Waals surface area contributed by atoms with Crippen LogP contribution in [-0.4, -0.2) is 51.1 Å². The van der Waals surface area contributed by atoms with E-state index < -0.39 is 9.84 Å².